The van der Waals surface area contributed by atoms with Gasteiger partial charge in [0.25, 0.3) is 0 Å². The van der Waals surface area contributed by atoms with E-state index in [0.717, 1.165) is 7.11 Å². The number of carbonyl (C=O) groups excluding carboxylic acids is 2. The maximum Gasteiger partial charge on any atom is 0.415 e. The van der Waals surface area contributed by atoms with Gasteiger partial charge in [0, 0.05) is 11.8 Å². The van der Waals surface area contributed by atoms with Crippen LogP contribution in [0, 0.1) is 10.1 Å². The highest BCUT2D eigenvalue weighted by atomic mass is 16.6. The molecule has 0 fully saturated rings. The second-order valence-electron chi connectivity index (χ2n) is 4.44. The lowest BCUT2D eigenvalue weighted by Crippen LogP contribution is -2.16. The van der Waals surface area contributed by atoms with E-state index in [0.29, 0.717) is 0 Å². The van der Waals surface area contributed by atoms with Crippen molar-refractivity contribution in [2.45, 2.75) is 12.8 Å². The number of esters is 1. The Morgan fingerprint density at radius 2 is 2.00 bits per heavy atom. The molecule has 0 radical (unpaired) electrons. The van der Waals surface area contributed by atoms with Gasteiger partial charge in [-0.3, -0.25) is 19.7 Å². The molecule has 0 bridgehead atoms. The van der Waals surface area contributed by atoms with Gasteiger partial charge >= 0.3 is 17.3 Å². The summed E-state index contributed by atoms with van der Waals surface area (Å²) in [6, 6.07) is 6.16. The average Bonchev–Trinajstić information content (AvgIpc) is 2.46. The highest BCUT2D eigenvalue weighted by molar-refractivity contribution is 5.99. The summed E-state index contributed by atoms with van der Waals surface area (Å²) >= 11 is 0. The molecule has 0 aliphatic rings. The number of fused-ring (bicyclic) bond motifs is 1. The van der Waals surface area contributed by atoms with E-state index in [-0.39, 0.29) is 16.5 Å². The molecular weight excluding hydrogens is 294 g/mol. The monoisotopic (exact) mass is 305 g/mol. The Morgan fingerprint density at radius 1 is 1.32 bits per heavy atom. The zero-order chi connectivity index (χ0) is 16.3. The minimum Gasteiger partial charge on any atom is -0.469 e. The summed E-state index contributed by atoms with van der Waals surface area (Å²) in [4.78, 5) is 44.9. The summed E-state index contributed by atoms with van der Waals surface area (Å²) in [7, 11) is 1.13. The topological polar surface area (TPSA) is 117 Å². The van der Waals surface area contributed by atoms with Gasteiger partial charge in [0.05, 0.1) is 17.6 Å². The van der Waals surface area contributed by atoms with Gasteiger partial charge in [-0.05, 0) is 6.07 Å². The Morgan fingerprint density at radius 3 is 2.64 bits per heavy atom. The molecule has 0 saturated carbocycles. The molecule has 0 saturated heterocycles. The van der Waals surface area contributed by atoms with Gasteiger partial charge < -0.3 is 9.15 Å². The van der Waals surface area contributed by atoms with Crippen molar-refractivity contribution in [3.8, 4) is 0 Å². The lowest BCUT2D eigenvalue weighted by atomic mass is 10.0. The van der Waals surface area contributed by atoms with Crippen LogP contribution in [0.2, 0.25) is 0 Å². The molecule has 1 heterocycles. The smallest absolute Gasteiger partial charge is 0.415 e. The van der Waals surface area contributed by atoms with Crippen LogP contribution >= 0.6 is 0 Å². The van der Waals surface area contributed by atoms with Gasteiger partial charge in [-0.1, -0.05) is 18.2 Å². The largest absolute Gasteiger partial charge is 0.469 e. The minimum atomic E-state index is -1.13. The third-order valence-electron chi connectivity index (χ3n) is 3.02. The second kappa shape index (κ2) is 6.17. The molecule has 0 aliphatic heterocycles. The highest BCUT2D eigenvalue weighted by Gasteiger charge is 2.26. The van der Waals surface area contributed by atoms with E-state index in [1.54, 1.807) is 12.1 Å². The van der Waals surface area contributed by atoms with Crippen LogP contribution in [0.5, 0.6) is 0 Å². The minimum absolute atomic E-state index is 0.0641. The van der Waals surface area contributed by atoms with Crippen molar-refractivity contribution in [1.82, 2.24) is 0 Å². The van der Waals surface area contributed by atoms with Crippen LogP contribution < -0.4 is 5.63 Å². The number of ether oxygens (including phenoxy) is 1. The van der Waals surface area contributed by atoms with Crippen molar-refractivity contribution in [2.24, 2.45) is 0 Å². The number of hydrogen-bond acceptors (Lipinski definition) is 7. The SMILES string of the molecule is COC(=O)CC(=O)Cc1c([N+](=O)[O-])c(=O)oc2ccccc12. The first kappa shape index (κ1) is 15.4. The fourth-order valence-electron chi connectivity index (χ4n) is 2.06. The maximum absolute atomic E-state index is 11.9. The fourth-order valence-corrected chi connectivity index (χ4v) is 2.06. The molecular formula is C14H11NO7. The summed E-state index contributed by atoms with van der Waals surface area (Å²) < 4.78 is 9.25. The maximum atomic E-state index is 11.9. The van der Waals surface area contributed by atoms with Crippen molar-refractivity contribution < 1.29 is 23.7 Å². The second-order valence-corrected chi connectivity index (χ2v) is 4.44. The lowest BCUT2D eigenvalue weighted by molar-refractivity contribution is -0.387. The zero-order valence-corrected chi connectivity index (χ0v) is 11.5. The number of methoxy groups -OCH3 is 1. The van der Waals surface area contributed by atoms with Crippen molar-refractivity contribution >= 4 is 28.4 Å². The van der Waals surface area contributed by atoms with E-state index in [1.807, 2.05) is 0 Å². The Kier molecular flexibility index (Phi) is 4.31. The Balaban J connectivity index is 2.56. The number of ketones is 1. The zero-order valence-electron chi connectivity index (χ0n) is 11.5. The molecule has 0 unspecified atom stereocenters. The molecule has 8 nitrogen and oxygen atoms in total. The molecule has 1 aromatic heterocycles. The third-order valence-corrected chi connectivity index (χ3v) is 3.02. The van der Waals surface area contributed by atoms with Gasteiger partial charge in [-0.2, -0.15) is 0 Å². The van der Waals surface area contributed by atoms with Crippen LogP contribution in [-0.2, 0) is 20.7 Å². The van der Waals surface area contributed by atoms with Crippen molar-refractivity contribution in [2.75, 3.05) is 7.11 Å². The predicted molar refractivity (Wildman–Crippen MR) is 74.5 cm³/mol. The summed E-state index contributed by atoms with van der Waals surface area (Å²) in [5.41, 5.74) is -1.86. The summed E-state index contributed by atoms with van der Waals surface area (Å²) in [6.07, 6.45) is -0.959. The molecule has 2 aromatic rings. The van der Waals surface area contributed by atoms with Crippen LogP contribution in [0.25, 0.3) is 11.0 Å². The van der Waals surface area contributed by atoms with Gasteiger partial charge in [-0.15, -0.1) is 0 Å². The Bertz CT molecular complexity index is 822. The molecule has 0 spiro atoms. The third kappa shape index (κ3) is 3.00. The number of nitro groups is 1. The normalized spacial score (nSPS) is 10.4. The molecule has 0 aliphatic carbocycles. The Hall–Kier alpha value is -3.03. The summed E-state index contributed by atoms with van der Waals surface area (Å²) in [6.45, 7) is 0. The van der Waals surface area contributed by atoms with Crippen molar-refractivity contribution in [1.29, 1.82) is 0 Å². The van der Waals surface area contributed by atoms with E-state index in [4.69, 9.17) is 4.42 Å². The van der Waals surface area contributed by atoms with Crippen LogP contribution in [0.3, 0.4) is 0 Å². The first-order chi connectivity index (χ1) is 10.4. The van der Waals surface area contributed by atoms with Crippen LogP contribution in [-0.4, -0.2) is 23.8 Å². The highest BCUT2D eigenvalue weighted by Crippen LogP contribution is 2.25. The number of Topliss-reactive ketones (excluding diaryl/α,β-unsaturated/α-hetero) is 1. The molecule has 0 amide bonds. The quantitative estimate of drug-likeness (QED) is 0.269. The van der Waals surface area contributed by atoms with Gasteiger partial charge in [0.1, 0.15) is 17.8 Å². The summed E-state index contributed by atoms with van der Waals surface area (Å²) in [5.74, 6) is -1.34. The van der Waals surface area contributed by atoms with E-state index in [2.05, 4.69) is 4.74 Å². The first-order valence-electron chi connectivity index (χ1n) is 6.21. The standard InChI is InChI=1S/C14H11NO7/c1-21-12(17)7-8(16)6-10-9-4-2-3-5-11(9)22-14(18)13(10)15(19)20/h2-5H,6-7H2,1H3. The van der Waals surface area contributed by atoms with Crippen molar-refractivity contribution in [3.05, 3.63) is 50.4 Å². The molecule has 1 aromatic carbocycles. The number of benzene rings is 1. The van der Waals surface area contributed by atoms with E-state index >= 15 is 0 Å². The number of hydrogen-bond donors (Lipinski definition) is 0. The Labute approximate surface area is 123 Å². The molecule has 0 atom stereocenters. The molecule has 0 N–H and O–H groups in total. The summed E-state index contributed by atoms with van der Waals surface area (Å²) in [5, 5.41) is 11.4. The fraction of sp³-hybridized carbons (Fsp3) is 0.214. The lowest BCUT2D eigenvalue weighted by Gasteiger charge is -2.05. The van der Waals surface area contributed by atoms with Gasteiger partial charge in [0.15, 0.2) is 0 Å². The van der Waals surface area contributed by atoms with E-state index in [1.165, 1.54) is 12.1 Å². The number of carbonyl (C=O) groups is 2. The van der Waals surface area contributed by atoms with Crippen molar-refractivity contribution in [3.63, 3.8) is 0 Å². The van der Waals surface area contributed by atoms with E-state index < -0.39 is 40.8 Å². The first-order valence-corrected chi connectivity index (χ1v) is 6.21. The molecule has 8 heteroatoms. The van der Waals surface area contributed by atoms with Gasteiger partial charge in [0.2, 0.25) is 0 Å². The predicted octanol–water partition coefficient (Wildman–Crippen LogP) is 1.38. The van der Waals surface area contributed by atoms with Gasteiger partial charge in [-0.25, -0.2) is 4.79 Å². The molecule has 2 rings (SSSR count). The number of para-hydroxylation sites is 1. The average molecular weight is 305 g/mol. The molecule has 22 heavy (non-hydrogen) atoms. The number of nitrogens with zero attached hydrogens (tertiary/aromatic N) is 1. The van der Waals surface area contributed by atoms with E-state index in [9.17, 15) is 24.5 Å². The molecule has 114 valence electrons. The van der Waals surface area contributed by atoms with Crippen LogP contribution in [0.15, 0.2) is 33.5 Å². The van der Waals surface area contributed by atoms with Crippen LogP contribution in [0.1, 0.15) is 12.0 Å². The number of rotatable bonds is 5. The van der Waals surface area contributed by atoms with Crippen LogP contribution in [0.4, 0.5) is 5.69 Å².